The predicted molar refractivity (Wildman–Crippen MR) is 148 cm³/mol. The zero-order valence-corrected chi connectivity index (χ0v) is 23.0. The van der Waals surface area contributed by atoms with Crippen molar-refractivity contribution in [3.8, 4) is 5.75 Å². The van der Waals surface area contributed by atoms with Crippen molar-refractivity contribution in [2.45, 2.75) is 82.4 Å². The highest BCUT2D eigenvalue weighted by molar-refractivity contribution is 6.00. The lowest BCUT2D eigenvalue weighted by molar-refractivity contribution is -0.165. The molecule has 0 aromatic heterocycles. The van der Waals surface area contributed by atoms with Gasteiger partial charge in [0.1, 0.15) is 23.9 Å². The summed E-state index contributed by atoms with van der Waals surface area (Å²) in [6, 6.07) is 8.95. The molecular formula is C29H44ClN3O4. The minimum absolute atomic E-state index is 0. The van der Waals surface area contributed by atoms with Gasteiger partial charge in [0.05, 0.1) is 6.10 Å². The van der Waals surface area contributed by atoms with Crippen LogP contribution in [0.15, 0.2) is 42.5 Å². The number of piperazine rings is 1. The summed E-state index contributed by atoms with van der Waals surface area (Å²) in [5, 5.41) is 14.1. The Kier molecular flexibility index (Phi) is 11.3. The Morgan fingerprint density at radius 2 is 1.81 bits per heavy atom. The lowest BCUT2D eigenvalue weighted by Gasteiger charge is -2.52. The minimum atomic E-state index is -0.811. The third kappa shape index (κ3) is 7.06. The number of para-hydroxylation sites is 1. The van der Waals surface area contributed by atoms with Crippen LogP contribution in [-0.4, -0.2) is 77.2 Å². The van der Waals surface area contributed by atoms with Crippen molar-refractivity contribution in [1.29, 1.82) is 0 Å². The van der Waals surface area contributed by atoms with Crippen molar-refractivity contribution < 1.29 is 19.4 Å². The number of carbonyl (C=O) groups excluding carboxylic acids is 2. The number of nitrogens with one attached hydrogen (secondary N) is 1. The zero-order chi connectivity index (χ0) is 25.4. The maximum Gasteiger partial charge on any atom is 0.248 e. The second kappa shape index (κ2) is 14.2. The first-order chi connectivity index (χ1) is 17.5. The van der Waals surface area contributed by atoms with Gasteiger partial charge in [-0.3, -0.25) is 14.5 Å². The van der Waals surface area contributed by atoms with Gasteiger partial charge in [0.25, 0.3) is 0 Å². The number of amides is 2. The molecule has 0 radical (unpaired) electrons. The van der Waals surface area contributed by atoms with Gasteiger partial charge in [-0.25, -0.2) is 0 Å². The van der Waals surface area contributed by atoms with Crippen molar-refractivity contribution in [2.24, 2.45) is 5.92 Å². The summed E-state index contributed by atoms with van der Waals surface area (Å²) in [6.07, 6.45) is 11.6. The van der Waals surface area contributed by atoms with Crippen LogP contribution in [0.5, 0.6) is 5.75 Å². The van der Waals surface area contributed by atoms with Gasteiger partial charge < -0.3 is 20.1 Å². The number of halogens is 1. The van der Waals surface area contributed by atoms with Crippen LogP contribution in [0.1, 0.15) is 64.7 Å². The Balaban J connectivity index is 0.00000380. The van der Waals surface area contributed by atoms with E-state index < -0.39 is 17.7 Å². The molecule has 3 aliphatic rings. The third-order valence-electron chi connectivity index (χ3n) is 8.27. The third-order valence-corrected chi connectivity index (χ3v) is 8.27. The van der Waals surface area contributed by atoms with Crippen LogP contribution in [0.2, 0.25) is 0 Å². The molecule has 8 heteroatoms. The minimum Gasteiger partial charge on any atom is -0.490 e. The number of nitrogens with zero attached hydrogens (tertiary/aromatic N) is 2. The number of unbranched alkanes of at least 4 members (excludes halogenated alkanes) is 1. The van der Waals surface area contributed by atoms with Crippen LogP contribution in [-0.2, 0) is 9.59 Å². The number of carbonyl (C=O) groups is 2. The Labute approximate surface area is 228 Å². The van der Waals surface area contributed by atoms with E-state index in [2.05, 4.69) is 23.2 Å². The monoisotopic (exact) mass is 533 g/mol. The number of likely N-dealkylation sites (tertiary alicyclic amines) is 1. The maximum atomic E-state index is 13.7. The number of rotatable bonds is 10. The number of piperidine rings is 1. The summed E-state index contributed by atoms with van der Waals surface area (Å²) in [5.74, 6) is 0.778. The first-order valence-electron chi connectivity index (χ1n) is 13.9. The van der Waals surface area contributed by atoms with Crippen LogP contribution in [0.4, 0.5) is 0 Å². The number of benzene rings is 1. The van der Waals surface area contributed by atoms with E-state index in [9.17, 15) is 14.7 Å². The van der Waals surface area contributed by atoms with E-state index in [0.29, 0.717) is 26.0 Å². The van der Waals surface area contributed by atoms with E-state index >= 15 is 0 Å². The fourth-order valence-corrected chi connectivity index (χ4v) is 6.01. The van der Waals surface area contributed by atoms with Gasteiger partial charge in [-0.1, -0.05) is 63.0 Å². The fraction of sp³-hybridized carbons (Fsp3) is 0.655. The second-order valence-electron chi connectivity index (χ2n) is 10.6. The molecule has 37 heavy (non-hydrogen) atoms. The normalized spacial score (nSPS) is 23.6. The van der Waals surface area contributed by atoms with E-state index in [4.69, 9.17) is 4.74 Å². The van der Waals surface area contributed by atoms with Gasteiger partial charge in [-0.15, -0.1) is 12.4 Å². The molecule has 2 amide bonds. The summed E-state index contributed by atoms with van der Waals surface area (Å²) in [5.41, 5.74) is -0.800. The van der Waals surface area contributed by atoms with E-state index in [-0.39, 0.29) is 30.1 Å². The van der Waals surface area contributed by atoms with Crippen LogP contribution in [0, 0.1) is 5.92 Å². The van der Waals surface area contributed by atoms with E-state index in [1.165, 1.54) is 6.42 Å². The highest BCUT2D eigenvalue weighted by Gasteiger charge is 2.55. The summed E-state index contributed by atoms with van der Waals surface area (Å²) in [4.78, 5) is 31.4. The summed E-state index contributed by atoms with van der Waals surface area (Å²) in [6.45, 7) is 5.50. The van der Waals surface area contributed by atoms with E-state index in [0.717, 1.165) is 63.9 Å². The first-order valence-corrected chi connectivity index (χ1v) is 13.9. The molecule has 1 spiro atoms. The molecule has 1 saturated carbocycles. The molecule has 7 nitrogen and oxygen atoms in total. The molecular weight excluding hydrogens is 490 g/mol. The van der Waals surface area contributed by atoms with Gasteiger partial charge >= 0.3 is 0 Å². The molecule has 0 bridgehead atoms. The number of ether oxygens (including phenoxy) is 1. The molecule has 2 atom stereocenters. The summed E-state index contributed by atoms with van der Waals surface area (Å²) in [7, 11) is 0. The Hall–Kier alpha value is -2.09. The Morgan fingerprint density at radius 1 is 1.11 bits per heavy atom. The van der Waals surface area contributed by atoms with Gasteiger partial charge in [-0.05, 0) is 50.2 Å². The number of hydrogen-bond acceptors (Lipinski definition) is 5. The maximum absolute atomic E-state index is 13.7. The van der Waals surface area contributed by atoms with E-state index in [1.54, 1.807) is 0 Å². The molecule has 1 aromatic rings. The summed E-state index contributed by atoms with van der Waals surface area (Å²) < 4.78 is 5.71. The van der Waals surface area contributed by atoms with Crippen LogP contribution in [0.3, 0.4) is 0 Å². The van der Waals surface area contributed by atoms with Crippen LogP contribution in [0.25, 0.3) is 0 Å². The number of aliphatic hydroxyl groups is 1. The Morgan fingerprint density at radius 3 is 2.49 bits per heavy atom. The first kappa shape index (κ1) is 29.5. The van der Waals surface area contributed by atoms with Crippen LogP contribution >= 0.6 is 12.4 Å². The van der Waals surface area contributed by atoms with Crippen molar-refractivity contribution in [3.63, 3.8) is 0 Å². The van der Waals surface area contributed by atoms with Gasteiger partial charge in [0, 0.05) is 26.2 Å². The predicted octanol–water partition coefficient (Wildman–Crippen LogP) is 3.95. The number of aliphatic hydroxyl groups excluding tert-OH is 1. The molecule has 1 aromatic carbocycles. The molecule has 2 heterocycles. The summed E-state index contributed by atoms with van der Waals surface area (Å²) >= 11 is 0. The number of hydrogen-bond donors (Lipinski definition) is 2. The molecule has 0 unspecified atom stereocenters. The van der Waals surface area contributed by atoms with Crippen molar-refractivity contribution >= 4 is 24.2 Å². The second-order valence-corrected chi connectivity index (χ2v) is 10.6. The van der Waals surface area contributed by atoms with Crippen molar-refractivity contribution in [1.82, 2.24) is 15.1 Å². The highest BCUT2D eigenvalue weighted by atomic mass is 35.5. The highest BCUT2D eigenvalue weighted by Crippen LogP contribution is 2.36. The molecule has 2 aliphatic heterocycles. The molecule has 2 N–H and O–H groups in total. The van der Waals surface area contributed by atoms with Gasteiger partial charge in [0.2, 0.25) is 11.8 Å². The molecule has 4 rings (SSSR count). The average Bonchev–Trinajstić information content (AvgIpc) is 2.92. The lowest BCUT2D eigenvalue weighted by atomic mass is 9.78. The largest absolute Gasteiger partial charge is 0.490 e. The molecule has 2 saturated heterocycles. The zero-order valence-electron chi connectivity index (χ0n) is 22.1. The smallest absolute Gasteiger partial charge is 0.248 e. The fourth-order valence-electron chi connectivity index (χ4n) is 6.01. The van der Waals surface area contributed by atoms with Gasteiger partial charge in [0.15, 0.2) is 0 Å². The topological polar surface area (TPSA) is 82.1 Å². The van der Waals surface area contributed by atoms with E-state index in [1.807, 2.05) is 41.3 Å². The SMILES string of the molecule is CCCCN1C(=O)[C@@H]([C@H](O)C2CCCCC2)NC(=O)C12CCN(CC=CCOc1ccccc1)CC2.Cl. The quantitative estimate of drug-likeness (QED) is 0.445. The van der Waals surface area contributed by atoms with Crippen LogP contribution < -0.4 is 10.1 Å². The van der Waals surface area contributed by atoms with Crippen molar-refractivity contribution in [3.05, 3.63) is 42.5 Å². The van der Waals surface area contributed by atoms with Gasteiger partial charge in [-0.2, -0.15) is 0 Å². The van der Waals surface area contributed by atoms with Crippen molar-refractivity contribution in [2.75, 3.05) is 32.8 Å². The molecule has 206 valence electrons. The Bertz CT molecular complexity index is 882. The molecule has 1 aliphatic carbocycles. The standard InChI is InChI=1S/C29H43N3O4.ClH/c1-2-3-19-32-27(34)25(26(33)23-12-6-4-7-13-23)30-28(35)29(32)16-20-31(21-17-29)18-10-11-22-36-24-14-8-5-9-15-24;/h5,8-11,14-15,23,25-26,33H,2-4,6-7,12-13,16-22H2,1H3,(H,30,35);1H/t25-,26-;/m1./s1. The molecule has 3 fully saturated rings. The average molecular weight is 534 g/mol. The lowest BCUT2D eigenvalue weighted by Crippen LogP contribution is -2.75.